The molecule has 8 nitrogen and oxygen atoms in total. The Kier molecular flexibility index (Phi) is 4.31. The quantitative estimate of drug-likeness (QED) is 0.740. The Morgan fingerprint density at radius 2 is 2.12 bits per heavy atom. The lowest BCUT2D eigenvalue weighted by Gasteiger charge is -2.28. The largest absolute Gasteiger partial charge is 0.481 e. The third-order valence-electron chi connectivity index (χ3n) is 4.19. The summed E-state index contributed by atoms with van der Waals surface area (Å²) in [6.45, 7) is 4.16. The Balaban J connectivity index is 1.81. The van der Waals surface area contributed by atoms with Gasteiger partial charge in [-0.1, -0.05) is 0 Å². The van der Waals surface area contributed by atoms with Gasteiger partial charge in [-0.25, -0.2) is 23.1 Å². The van der Waals surface area contributed by atoms with Crippen molar-refractivity contribution in [2.75, 3.05) is 19.9 Å². The SMILES string of the molecule is COc1c(CN2CCc3nc(S(C)(=O)=O)ncc3C2)c(C)nn1C. The number of sulfone groups is 1. The molecule has 2 aromatic rings. The van der Waals surface area contributed by atoms with Crippen LogP contribution in [0.2, 0.25) is 0 Å². The molecule has 0 spiro atoms. The van der Waals surface area contributed by atoms with E-state index in [2.05, 4.69) is 20.0 Å². The zero-order chi connectivity index (χ0) is 17.5. The molecule has 0 aromatic carbocycles. The van der Waals surface area contributed by atoms with Crippen molar-refractivity contribution in [2.24, 2.45) is 7.05 Å². The van der Waals surface area contributed by atoms with Gasteiger partial charge in [0.2, 0.25) is 20.9 Å². The van der Waals surface area contributed by atoms with Crippen LogP contribution < -0.4 is 4.74 Å². The van der Waals surface area contributed by atoms with Crippen LogP contribution in [0.15, 0.2) is 11.4 Å². The maximum Gasteiger partial charge on any atom is 0.246 e. The molecule has 24 heavy (non-hydrogen) atoms. The number of aromatic nitrogens is 4. The number of aryl methyl sites for hydroxylation is 2. The van der Waals surface area contributed by atoms with Crippen LogP contribution in [0.1, 0.15) is 22.5 Å². The molecule has 0 atom stereocenters. The maximum atomic E-state index is 11.6. The van der Waals surface area contributed by atoms with Crippen LogP contribution in [0.5, 0.6) is 5.88 Å². The Hall–Kier alpha value is -2.00. The Morgan fingerprint density at radius 3 is 2.79 bits per heavy atom. The summed E-state index contributed by atoms with van der Waals surface area (Å²) in [4.78, 5) is 10.5. The van der Waals surface area contributed by atoms with Crippen molar-refractivity contribution in [3.05, 3.63) is 28.7 Å². The van der Waals surface area contributed by atoms with Gasteiger partial charge in [0.1, 0.15) is 0 Å². The lowest BCUT2D eigenvalue weighted by molar-refractivity contribution is 0.237. The highest BCUT2D eigenvalue weighted by molar-refractivity contribution is 7.90. The molecule has 0 saturated carbocycles. The number of nitrogens with zero attached hydrogens (tertiary/aromatic N) is 5. The Morgan fingerprint density at radius 1 is 1.38 bits per heavy atom. The van der Waals surface area contributed by atoms with Crippen molar-refractivity contribution in [3.63, 3.8) is 0 Å². The van der Waals surface area contributed by atoms with Gasteiger partial charge < -0.3 is 4.74 Å². The van der Waals surface area contributed by atoms with Crippen LogP contribution >= 0.6 is 0 Å². The average molecular weight is 351 g/mol. The standard InChI is InChI=1S/C15H21N5O3S/c1-10-12(14(23-3)19(2)18-10)9-20-6-5-13-11(8-20)7-16-15(17-13)24(4,21)22/h7H,5-6,8-9H2,1-4H3. The summed E-state index contributed by atoms with van der Waals surface area (Å²) in [6.07, 6.45) is 3.45. The maximum absolute atomic E-state index is 11.6. The summed E-state index contributed by atoms with van der Waals surface area (Å²) < 4.78 is 30.3. The molecular weight excluding hydrogens is 330 g/mol. The second-order valence-corrected chi connectivity index (χ2v) is 7.96. The van der Waals surface area contributed by atoms with Crippen molar-refractivity contribution < 1.29 is 13.2 Å². The van der Waals surface area contributed by atoms with Gasteiger partial charge in [0, 0.05) is 51.1 Å². The first-order valence-electron chi connectivity index (χ1n) is 7.63. The van der Waals surface area contributed by atoms with Crippen LogP contribution in [0, 0.1) is 6.92 Å². The molecule has 9 heteroatoms. The van der Waals surface area contributed by atoms with Gasteiger partial charge in [0.15, 0.2) is 0 Å². The minimum absolute atomic E-state index is 0.0977. The van der Waals surface area contributed by atoms with E-state index in [0.717, 1.165) is 47.7 Å². The first kappa shape index (κ1) is 16.8. The summed E-state index contributed by atoms with van der Waals surface area (Å²) in [6, 6.07) is 0. The van der Waals surface area contributed by atoms with Gasteiger partial charge in [-0.3, -0.25) is 4.90 Å². The number of methoxy groups -OCH3 is 1. The second-order valence-electron chi connectivity index (χ2n) is 6.05. The Labute approximate surface area is 141 Å². The molecule has 0 N–H and O–H groups in total. The van der Waals surface area contributed by atoms with E-state index in [1.807, 2.05) is 14.0 Å². The van der Waals surface area contributed by atoms with E-state index >= 15 is 0 Å². The summed E-state index contributed by atoms with van der Waals surface area (Å²) >= 11 is 0. The Bertz CT molecular complexity index is 875. The van der Waals surface area contributed by atoms with E-state index in [4.69, 9.17) is 4.74 Å². The van der Waals surface area contributed by atoms with E-state index < -0.39 is 9.84 Å². The van der Waals surface area contributed by atoms with Gasteiger partial charge >= 0.3 is 0 Å². The summed E-state index contributed by atoms with van der Waals surface area (Å²) in [5, 5.41) is 4.31. The van der Waals surface area contributed by atoms with Crippen LogP contribution in [0.25, 0.3) is 0 Å². The van der Waals surface area contributed by atoms with E-state index in [1.165, 1.54) is 0 Å². The smallest absolute Gasteiger partial charge is 0.246 e. The predicted octanol–water partition coefficient (Wildman–Crippen LogP) is 0.489. The van der Waals surface area contributed by atoms with Gasteiger partial charge in [-0.15, -0.1) is 0 Å². The topological polar surface area (TPSA) is 90.2 Å². The fraction of sp³-hybridized carbons (Fsp3) is 0.533. The summed E-state index contributed by atoms with van der Waals surface area (Å²) in [7, 11) is 0.134. The fourth-order valence-corrected chi connectivity index (χ4v) is 3.53. The second kappa shape index (κ2) is 6.14. The molecule has 0 aliphatic carbocycles. The molecule has 3 rings (SSSR count). The molecular formula is C15H21N5O3S. The fourth-order valence-electron chi connectivity index (χ4n) is 3.01. The third kappa shape index (κ3) is 3.13. The molecule has 3 heterocycles. The predicted molar refractivity (Wildman–Crippen MR) is 87.5 cm³/mol. The highest BCUT2D eigenvalue weighted by atomic mass is 32.2. The lowest BCUT2D eigenvalue weighted by atomic mass is 10.1. The molecule has 2 aromatic heterocycles. The van der Waals surface area contributed by atoms with Gasteiger partial charge in [0.25, 0.3) is 0 Å². The van der Waals surface area contributed by atoms with Gasteiger partial charge in [0.05, 0.1) is 24.1 Å². The van der Waals surface area contributed by atoms with E-state index in [9.17, 15) is 8.42 Å². The molecule has 0 unspecified atom stereocenters. The minimum Gasteiger partial charge on any atom is -0.481 e. The molecule has 130 valence electrons. The molecule has 1 aliphatic heterocycles. The number of rotatable bonds is 4. The van der Waals surface area contributed by atoms with Crippen molar-refractivity contribution in [1.82, 2.24) is 24.6 Å². The number of hydrogen-bond acceptors (Lipinski definition) is 7. The normalized spacial score (nSPS) is 15.3. The molecule has 1 aliphatic rings. The number of fused-ring (bicyclic) bond motifs is 1. The van der Waals surface area contributed by atoms with Gasteiger partial charge in [-0.05, 0) is 6.92 Å². The van der Waals surface area contributed by atoms with Crippen LogP contribution in [-0.4, -0.2) is 53.0 Å². The van der Waals surface area contributed by atoms with E-state index in [0.29, 0.717) is 13.0 Å². The monoisotopic (exact) mass is 351 g/mol. The van der Waals surface area contributed by atoms with Crippen LogP contribution in [0.4, 0.5) is 0 Å². The molecule has 0 amide bonds. The molecule has 0 fully saturated rings. The first-order chi connectivity index (χ1) is 11.3. The molecule has 0 radical (unpaired) electrons. The number of ether oxygens (including phenoxy) is 1. The lowest BCUT2D eigenvalue weighted by Crippen LogP contribution is -2.31. The highest BCUT2D eigenvalue weighted by Crippen LogP contribution is 2.25. The summed E-state index contributed by atoms with van der Waals surface area (Å²) in [5.41, 5.74) is 3.80. The van der Waals surface area contributed by atoms with Crippen molar-refractivity contribution in [3.8, 4) is 5.88 Å². The highest BCUT2D eigenvalue weighted by Gasteiger charge is 2.23. The zero-order valence-corrected chi connectivity index (χ0v) is 15.1. The zero-order valence-electron chi connectivity index (χ0n) is 14.3. The van der Waals surface area contributed by atoms with E-state index in [-0.39, 0.29) is 5.16 Å². The number of hydrogen-bond donors (Lipinski definition) is 0. The van der Waals surface area contributed by atoms with E-state index in [1.54, 1.807) is 18.0 Å². The van der Waals surface area contributed by atoms with Crippen molar-refractivity contribution >= 4 is 9.84 Å². The van der Waals surface area contributed by atoms with Crippen LogP contribution in [-0.2, 0) is 36.4 Å². The van der Waals surface area contributed by atoms with Crippen molar-refractivity contribution in [2.45, 2.75) is 31.6 Å². The molecule has 0 saturated heterocycles. The molecule has 0 bridgehead atoms. The summed E-state index contributed by atoms with van der Waals surface area (Å²) in [5.74, 6) is 0.766. The van der Waals surface area contributed by atoms with Crippen LogP contribution in [0.3, 0.4) is 0 Å². The average Bonchev–Trinajstić information content (AvgIpc) is 2.79. The third-order valence-corrected chi connectivity index (χ3v) is 5.05. The minimum atomic E-state index is -3.37. The van der Waals surface area contributed by atoms with Crippen molar-refractivity contribution in [1.29, 1.82) is 0 Å². The van der Waals surface area contributed by atoms with Gasteiger partial charge in [-0.2, -0.15) is 5.10 Å². The first-order valence-corrected chi connectivity index (χ1v) is 9.52.